The standard InChI is InChI=1S/C17H18ClN5O3S/c1-21(2)25-26-27-24-17-9-3-14(4-10-17)11-23(22-12-19-20-13-22)16-7-5-15(18)6-8-16/h3-10,12-13H,11H2,1-2H3. The van der Waals surface area contributed by atoms with Crippen LogP contribution in [0.5, 0.6) is 5.75 Å². The van der Waals surface area contributed by atoms with Gasteiger partial charge >= 0.3 is 0 Å². The van der Waals surface area contributed by atoms with Crippen molar-refractivity contribution in [1.29, 1.82) is 0 Å². The maximum absolute atomic E-state index is 6.00. The van der Waals surface area contributed by atoms with Gasteiger partial charge < -0.3 is 4.18 Å². The van der Waals surface area contributed by atoms with Gasteiger partial charge in [-0.2, -0.15) is 5.06 Å². The highest BCUT2D eigenvalue weighted by Crippen LogP contribution is 2.23. The van der Waals surface area contributed by atoms with Crippen molar-refractivity contribution in [1.82, 2.24) is 19.9 Å². The highest BCUT2D eigenvalue weighted by molar-refractivity contribution is 7.90. The molecule has 0 atom stereocenters. The van der Waals surface area contributed by atoms with Crippen LogP contribution in [-0.4, -0.2) is 34.0 Å². The summed E-state index contributed by atoms with van der Waals surface area (Å²) >= 11 is 6.74. The normalized spacial score (nSPS) is 11.0. The van der Waals surface area contributed by atoms with Crippen LogP contribution in [-0.2, 0) is 15.9 Å². The molecule has 1 aromatic heterocycles. The summed E-state index contributed by atoms with van der Waals surface area (Å²) in [6.07, 6.45) is 3.29. The van der Waals surface area contributed by atoms with Crippen molar-refractivity contribution >= 4 is 29.6 Å². The molecule has 10 heteroatoms. The summed E-state index contributed by atoms with van der Waals surface area (Å²) in [5, 5.41) is 11.9. The van der Waals surface area contributed by atoms with Crippen LogP contribution in [0.4, 0.5) is 5.69 Å². The molecule has 0 fully saturated rings. The van der Waals surface area contributed by atoms with Gasteiger partial charge in [0.15, 0.2) is 0 Å². The second kappa shape index (κ2) is 9.58. The molecular weight excluding hydrogens is 390 g/mol. The molecular formula is C17H18ClN5O3S. The molecule has 0 bridgehead atoms. The molecule has 0 saturated carbocycles. The average molecular weight is 408 g/mol. The van der Waals surface area contributed by atoms with E-state index in [9.17, 15) is 0 Å². The molecule has 27 heavy (non-hydrogen) atoms. The summed E-state index contributed by atoms with van der Waals surface area (Å²) in [7, 11) is 3.41. The molecule has 8 nitrogen and oxygen atoms in total. The number of anilines is 1. The summed E-state index contributed by atoms with van der Waals surface area (Å²) in [5.41, 5.74) is 2.03. The van der Waals surface area contributed by atoms with Crippen molar-refractivity contribution in [3.8, 4) is 5.75 Å². The molecule has 0 aliphatic carbocycles. The van der Waals surface area contributed by atoms with Gasteiger partial charge in [0.25, 0.3) is 12.3 Å². The maximum atomic E-state index is 6.00. The number of rotatable bonds is 9. The van der Waals surface area contributed by atoms with Gasteiger partial charge in [-0.15, -0.1) is 19.5 Å². The quantitative estimate of drug-likeness (QED) is 0.230. The van der Waals surface area contributed by atoms with Crippen LogP contribution in [0, 0.1) is 0 Å². The Bertz CT molecular complexity index is 816. The van der Waals surface area contributed by atoms with Crippen molar-refractivity contribution < 1.29 is 13.5 Å². The Hall–Kier alpha value is -2.30. The van der Waals surface area contributed by atoms with Gasteiger partial charge in [0.1, 0.15) is 18.4 Å². The number of hydrogen-bond acceptors (Lipinski definition) is 8. The number of hydroxylamine groups is 2. The molecule has 3 aromatic rings. The van der Waals surface area contributed by atoms with Gasteiger partial charge in [0, 0.05) is 19.1 Å². The minimum atomic E-state index is 0.604. The average Bonchev–Trinajstić information content (AvgIpc) is 3.19. The SMILES string of the molecule is CN(C)OOSOc1ccc(CN(c2ccc(Cl)cc2)n2cnnc2)cc1. The summed E-state index contributed by atoms with van der Waals surface area (Å²) in [6, 6.07) is 15.2. The van der Waals surface area contributed by atoms with Gasteiger partial charge in [-0.1, -0.05) is 23.7 Å². The second-order valence-electron chi connectivity index (χ2n) is 5.63. The Labute approximate surface area is 166 Å². The van der Waals surface area contributed by atoms with E-state index in [4.69, 9.17) is 25.1 Å². The van der Waals surface area contributed by atoms with Gasteiger partial charge in [-0.25, -0.2) is 4.68 Å². The van der Waals surface area contributed by atoms with Crippen molar-refractivity contribution in [2.75, 3.05) is 19.1 Å². The first-order valence-electron chi connectivity index (χ1n) is 7.94. The van der Waals surface area contributed by atoms with Crippen molar-refractivity contribution in [2.45, 2.75) is 6.54 Å². The zero-order chi connectivity index (χ0) is 19.1. The molecule has 2 aromatic carbocycles. The zero-order valence-electron chi connectivity index (χ0n) is 14.7. The lowest BCUT2D eigenvalue weighted by Crippen LogP contribution is -2.27. The smallest absolute Gasteiger partial charge is 0.260 e. The van der Waals surface area contributed by atoms with Crippen molar-refractivity contribution in [3.05, 3.63) is 71.8 Å². The Balaban J connectivity index is 1.66. The molecule has 3 rings (SSSR count). The van der Waals surface area contributed by atoms with E-state index in [1.807, 2.05) is 58.2 Å². The monoisotopic (exact) mass is 407 g/mol. The summed E-state index contributed by atoms with van der Waals surface area (Å²) in [6.45, 7) is 0.604. The fraction of sp³-hybridized carbons (Fsp3) is 0.176. The third-order valence-electron chi connectivity index (χ3n) is 3.40. The first-order valence-corrected chi connectivity index (χ1v) is 8.98. The van der Waals surface area contributed by atoms with Gasteiger partial charge in [0.2, 0.25) is 0 Å². The molecule has 0 saturated heterocycles. The highest BCUT2D eigenvalue weighted by Gasteiger charge is 2.10. The Morgan fingerprint density at radius 3 is 2.30 bits per heavy atom. The zero-order valence-corrected chi connectivity index (χ0v) is 16.3. The second-order valence-corrected chi connectivity index (χ2v) is 6.50. The number of hydrogen-bond donors (Lipinski definition) is 0. The fourth-order valence-electron chi connectivity index (χ4n) is 2.19. The van der Waals surface area contributed by atoms with E-state index in [0.717, 1.165) is 23.6 Å². The lowest BCUT2D eigenvalue weighted by Gasteiger charge is -2.25. The molecule has 0 unspecified atom stereocenters. The van der Waals surface area contributed by atoms with Crippen LogP contribution in [0.3, 0.4) is 0 Å². The van der Waals surface area contributed by atoms with Gasteiger partial charge in [0.05, 0.1) is 12.2 Å². The van der Waals surface area contributed by atoms with Gasteiger partial charge in [-0.3, -0.25) is 5.01 Å². The molecule has 1 heterocycles. The van der Waals surface area contributed by atoms with Crippen LogP contribution >= 0.6 is 23.9 Å². The molecule has 142 valence electrons. The molecule has 0 aliphatic heterocycles. The van der Waals surface area contributed by atoms with E-state index in [1.54, 1.807) is 26.7 Å². The predicted molar refractivity (Wildman–Crippen MR) is 104 cm³/mol. The van der Waals surface area contributed by atoms with Crippen LogP contribution in [0.15, 0.2) is 61.2 Å². The lowest BCUT2D eigenvalue weighted by atomic mass is 10.2. The molecule has 0 amide bonds. The Morgan fingerprint density at radius 2 is 1.67 bits per heavy atom. The molecule has 0 N–H and O–H groups in total. The van der Waals surface area contributed by atoms with E-state index >= 15 is 0 Å². The molecule has 0 spiro atoms. The minimum absolute atomic E-state index is 0.604. The topological polar surface area (TPSA) is 64.9 Å². The largest absolute Gasteiger partial charge is 0.399 e. The lowest BCUT2D eigenvalue weighted by molar-refractivity contribution is -0.342. The molecule has 0 radical (unpaired) electrons. The van der Waals surface area contributed by atoms with E-state index in [0.29, 0.717) is 17.3 Å². The van der Waals surface area contributed by atoms with Crippen LogP contribution in [0.1, 0.15) is 5.56 Å². The third kappa shape index (κ3) is 5.84. The van der Waals surface area contributed by atoms with Crippen molar-refractivity contribution in [2.24, 2.45) is 0 Å². The Kier molecular flexibility index (Phi) is 6.91. The highest BCUT2D eigenvalue weighted by atomic mass is 35.5. The number of halogens is 1. The van der Waals surface area contributed by atoms with E-state index in [-0.39, 0.29) is 0 Å². The number of aromatic nitrogens is 3. The van der Waals surface area contributed by atoms with Crippen LogP contribution < -0.4 is 9.19 Å². The Morgan fingerprint density at radius 1 is 1.00 bits per heavy atom. The predicted octanol–water partition coefficient (Wildman–Crippen LogP) is 3.77. The summed E-state index contributed by atoms with van der Waals surface area (Å²) in [4.78, 5) is 4.78. The van der Waals surface area contributed by atoms with E-state index < -0.39 is 0 Å². The summed E-state index contributed by atoms with van der Waals surface area (Å²) in [5.74, 6) is 0.647. The van der Waals surface area contributed by atoms with Gasteiger partial charge in [-0.05, 0) is 42.0 Å². The number of benzene rings is 2. The summed E-state index contributed by atoms with van der Waals surface area (Å²) < 4.78 is 12.0. The van der Waals surface area contributed by atoms with Crippen molar-refractivity contribution in [3.63, 3.8) is 0 Å². The van der Waals surface area contributed by atoms with Crippen LogP contribution in [0.2, 0.25) is 5.02 Å². The first-order chi connectivity index (χ1) is 13.1. The number of nitrogens with zero attached hydrogens (tertiary/aromatic N) is 5. The fourth-order valence-corrected chi connectivity index (χ4v) is 2.68. The third-order valence-corrected chi connectivity index (χ3v) is 4.03. The maximum Gasteiger partial charge on any atom is 0.260 e. The van der Waals surface area contributed by atoms with E-state index in [1.165, 1.54) is 5.06 Å². The minimum Gasteiger partial charge on any atom is -0.399 e. The first kappa shape index (κ1) is 19.5. The molecule has 0 aliphatic rings. The van der Waals surface area contributed by atoms with Crippen LogP contribution in [0.25, 0.3) is 0 Å². The van der Waals surface area contributed by atoms with E-state index in [2.05, 4.69) is 10.2 Å².